The number of halogens is 2. The first-order chi connectivity index (χ1) is 8.20. The highest BCUT2D eigenvalue weighted by Gasteiger charge is 2.22. The largest absolute Gasteiger partial charge is 0.313 e. The fourth-order valence-corrected chi connectivity index (χ4v) is 2.09. The second-order valence-corrected chi connectivity index (χ2v) is 4.49. The smallest absolute Gasteiger partial charge is 0.129 e. The molecule has 1 saturated heterocycles. The highest BCUT2D eigenvalue weighted by atomic mass is 35.5. The van der Waals surface area contributed by atoms with Gasteiger partial charge in [0.25, 0.3) is 0 Å². The van der Waals surface area contributed by atoms with Crippen molar-refractivity contribution in [2.45, 2.75) is 12.6 Å². The molecule has 17 heavy (non-hydrogen) atoms. The van der Waals surface area contributed by atoms with Crippen LogP contribution < -0.4 is 5.32 Å². The van der Waals surface area contributed by atoms with Crippen LogP contribution >= 0.6 is 11.6 Å². The molecule has 1 aliphatic rings. The first kappa shape index (κ1) is 12.3. The third-order valence-corrected chi connectivity index (χ3v) is 3.13. The van der Waals surface area contributed by atoms with Gasteiger partial charge in [0.2, 0.25) is 0 Å². The molecule has 0 spiro atoms. The highest BCUT2D eigenvalue weighted by Crippen LogP contribution is 2.17. The van der Waals surface area contributed by atoms with Crippen molar-refractivity contribution >= 4 is 11.6 Å². The number of hydrogen-bond donors (Lipinski definition) is 1. The second kappa shape index (κ2) is 5.46. The Balaban J connectivity index is 2.11. The van der Waals surface area contributed by atoms with Gasteiger partial charge in [0, 0.05) is 36.8 Å². The van der Waals surface area contributed by atoms with Crippen LogP contribution in [0.1, 0.15) is 5.56 Å². The lowest BCUT2D eigenvalue weighted by Gasteiger charge is -2.31. The molecule has 0 aliphatic carbocycles. The van der Waals surface area contributed by atoms with Crippen LogP contribution in [0.4, 0.5) is 4.39 Å². The number of nitrogens with zero attached hydrogens (tertiary/aromatic N) is 2. The molecule has 1 heterocycles. The summed E-state index contributed by atoms with van der Waals surface area (Å²) in [5.41, 5.74) is 0.580. The zero-order valence-electron chi connectivity index (χ0n) is 9.29. The summed E-state index contributed by atoms with van der Waals surface area (Å²) in [6.07, 6.45) is 0. The molecule has 1 fully saturated rings. The van der Waals surface area contributed by atoms with Crippen molar-refractivity contribution < 1.29 is 4.39 Å². The van der Waals surface area contributed by atoms with Gasteiger partial charge in [-0.3, -0.25) is 4.90 Å². The Labute approximate surface area is 105 Å². The first-order valence-electron chi connectivity index (χ1n) is 5.49. The van der Waals surface area contributed by atoms with Crippen molar-refractivity contribution in [1.82, 2.24) is 10.2 Å². The van der Waals surface area contributed by atoms with Crippen molar-refractivity contribution in [3.05, 3.63) is 34.6 Å². The van der Waals surface area contributed by atoms with Gasteiger partial charge in [0.1, 0.15) is 11.9 Å². The van der Waals surface area contributed by atoms with Crippen LogP contribution in [0.25, 0.3) is 0 Å². The Morgan fingerprint density at radius 1 is 1.59 bits per heavy atom. The Hall–Kier alpha value is -1.15. The van der Waals surface area contributed by atoms with Gasteiger partial charge in [-0.25, -0.2) is 4.39 Å². The maximum atomic E-state index is 13.6. The molecule has 1 unspecified atom stereocenters. The molecular formula is C12H13ClFN3. The average molecular weight is 254 g/mol. The van der Waals surface area contributed by atoms with E-state index < -0.39 is 0 Å². The molecule has 1 N–H and O–H groups in total. The molecule has 1 aromatic rings. The normalized spacial score (nSPS) is 21.1. The molecule has 2 rings (SSSR count). The van der Waals surface area contributed by atoms with Crippen LogP contribution in [-0.4, -0.2) is 30.6 Å². The minimum Gasteiger partial charge on any atom is -0.313 e. The Bertz CT molecular complexity index is 444. The predicted octanol–water partition coefficient (Wildman–Crippen LogP) is 1.78. The summed E-state index contributed by atoms with van der Waals surface area (Å²) in [7, 11) is 0. The Morgan fingerprint density at radius 3 is 3.12 bits per heavy atom. The molecule has 0 aromatic heterocycles. The summed E-state index contributed by atoms with van der Waals surface area (Å²) in [6.45, 7) is 2.66. The topological polar surface area (TPSA) is 39.1 Å². The van der Waals surface area contributed by atoms with Crippen LogP contribution in [0.2, 0.25) is 5.02 Å². The number of benzene rings is 1. The Kier molecular flexibility index (Phi) is 3.95. The molecule has 0 bridgehead atoms. The summed E-state index contributed by atoms with van der Waals surface area (Å²) < 4.78 is 13.6. The van der Waals surface area contributed by atoms with Gasteiger partial charge in [-0.05, 0) is 12.1 Å². The lowest BCUT2D eigenvalue weighted by Crippen LogP contribution is -2.50. The minimum atomic E-state index is -0.312. The molecule has 3 nitrogen and oxygen atoms in total. The van der Waals surface area contributed by atoms with E-state index in [1.165, 1.54) is 6.07 Å². The monoisotopic (exact) mass is 253 g/mol. The molecule has 90 valence electrons. The summed E-state index contributed by atoms with van der Waals surface area (Å²) in [6, 6.07) is 6.68. The van der Waals surface area contributed by atoms with E-state index in [0.717, 1.165) is 13.1 Å². The highest BCUT2D eigenvalue weighted by molar-refractivity contribution is 6.30. The van der Waals surface area contributed by atoms with Gasteiger partial charge in [0.15, 0.2) is 0 Å². The number of nitrogens with one attached hydrogen (secondary N) is 1. The number of rotatable bonds is 2. The van der Waals surface area contributed by atoms with Crippen molar-refractivity contribution in [2.75, 3.05) is 19.6 Å². The van der Waals surface area contributed by atoms with Gasteiger partial charge in [-0.15, -0.1) is 0 Å². The molecule has 1 aromatic carbocycles. The van der Waals surface area contributed by atoms with Gasteiger partial charge in [0.05, 0.1) is 6.07 Å². The van der Waals surface area contributed by atoms with Gasteiger partial charge < -0.3 is 5.32 Å². The Morgan fingerprint density at radius 2 is 2.41 bits per heavy atom. The molecule has 0 saturated carbocycles. The van der Waals surface area contributed by atoms with E-state index in [9.17, 15) is 4.39 Å². The molecule has 0 radical (unpaired) electrons. The molecule has 1 atom stereocenters. The standard InChI is InChI=1S/C12H13ClFN3/c13-10-2-1-9(12(14)5-10)8-17-4-3-16-7-11(17)6-15/h1-2,5,11,16H,3-4,7-8H2. The van der Waals surface area contributed by atoms with Crippen molar-refractivity contribution in [3.8, 4) is 6.07 Å². The van der Waals surface area contributed by atoms with E-state index in [-0.39, 0.29) is 11.9 Å². The van der Waals surface area contributed by atoms with E-state index in [4.69, 9.17) is 16.9 Å². The van der Waals surface area contributed by atoms with Gasteiger partial charge in [-0.2, -0.15) is 5.26 Å². The average Bonchev–Trinajstić information content (AvgIpc) is 2.33. The van der Waals surface area contributed by atoms with Crippen molar-refractivity contribution in [3.63, 3.8) is 0 Å². The fraction of sp³-hybridized carbons (Fsp3) is 0.417. The zero-order chi connectivity index (χ0) is 12.3. The van der Waals surface area contributed by atoms with E-state index in [2.05, 4.69) is 11.4 Å². The summed E-state index contributed by atoms with van der Waals surface area (Å²) in [5.74, 6) is -0.312. The summed E-state index contributed by atoms with van der Waals surface area (Å²) >= 11 is 5.70. The molecule has 5 heteroatoms. The summed E-state index contributed by atoms with van der Waals surface area (Å²) in [5, 5.41) is 12.5. The number of hydrogen-bond acceptors (Lipinski definition) is 3. The maximum absolute atomic E-state index is 13.6. The summed E-state index contributed by atoms with van der Waals surface area (Å²) in [4.78, 5) is 1.98. The van der Waals surface area contributed by atoms with E-state index in [1.54, 1.807) is 12.1 Å². The fourth-order valence-electron chi connectivity index (χ4n) is 1.93. The van der Waals surface area contributed by atoms with Crippen LogP contribution in [0.3, 0.4) is 0 Å². The molecular weight excluding hydrogens is 241 g/mol. The van der Waals surface area contributed by atoms with E-state index >= 15 is 0 Å². The third kappa shape index (κ3) is 2.95. The number of nitriles is 1. The van der Waals surface area contributed by atoms with Crippen molar-refractivity contribution in [1.29, 1.82) is 5.26 Å². The minimum absolute atomic E-state index is 0.196. The van der Waals surface area contributed by atoms with Gasteiger partial charge in [-0.1, -0.05) is 17.7 Å². The van der Waals surface area contributed by atoms with Crippen LogP contribution in [-0.2, 0) is 6.54 Å². The quantitative estimate of drug-likeness (QED) is 0.873. The second-order valence-electron chi connectivity index (χ2n) is 4.06. The van der Waals surface area contributed by atoms with Crippen LogP contribution in [0.5, 0.6) is 0 Å². The molecule has 0 amide bonds. The van der Waals surface area contributed by atoms with Crippen LogP contribution in [0.15, 0.2) is 18.2 Å². The first-order valence-corrected chi connectivity index (χ1v) is 5.87. The zero-order valence-corrected chi connectivity index (χ0v) is 10.0. The molecule has 1 aliphatic heterocycles. The SMILES string of the molecule is N#CC1CNCCN1Cc1ccc(Cl)cc1F. The third-order valence-electron chi connectivity index (χ3n) is 2.89. The van der Waals surface area contributed by atoms with E-state index in [0.29, 0.717) is 23.7 Å². The van der Waals surface area contributed by atoms with Gasteiger partial charge >= 0.3 is 0 Å². The predicted molar refractivity (Wildman–Crippen MR) is 64.1 cm³/mol. The maximum Gasteiger partial charge on any atom is 0.129 e. The van der Waals surface area contributed by atoms with Crippen molar-refractivity contribution in [2.24, 2.45) is 0 Å². The lowest BCUT2D eigenvalue weighted by molar-refractivity contribution is 0.187. The van der Waals surface area contributed by atoms with Crippen LogP contribution in [0, 0.1) is 17.1 Å². The lowest BCUT2D eigenvalue weighted by atomic mass is 10.1. The number of piperazine rings is 1. The van der Waals surface area contributed by atoms with E-state index in [1.807, 2.05) is 4.90 Å².